The van der Waals surface area contributed by atoms with E-state index in [0.717, 1.165) is 25.9 Å². The van der Waals surface area contributed by atoms with Crippen LogP contribution in [-0.4, -0.2) is 37.5 Å². The van der Waals surface area contributed by atoms with Gasteiger partial charge in [0.15, 0.2) is 6.73 Å². The van der Waals surface area contributed by atoms with Crippen LogP contribution in [0.3, 0.4) is 0 Å². The number of rotatable bonds is 4. The average molecular weight is 242 g/mol. The van der Waals surface area contributed by atoms with Crippen LogP contribution < -0.4 is 16.2 Å². The fraction of sp³-hybridized carbons (Fsp3) is 0.700. The summed E-state index contributed by atoms with van der Waals surface area (Å²) in [6, 6.07) is 0. The van der Waals surface area contributed by atoms with E-state index in [1.165, 1.54) is 11.3 Å². The summed E-state index contributed by atoms with van der Waals surface area (Å²) in [6.45, 7) is 2.86. The van der Waals surface area contributed by atoms with E-state index in [9.17, 15) is 4.79 Å². The third-order valence-electron chi connectivity index (χ3n) is 2.81. The van der Waals surface area contributed by atoms with E-state index in [1.54, 1.807) is 6.20 Å². The molecule has 17 heavy (non-hydrogen) atoms. The highest BCUT2D eigenvalue weighted by molar-refractivity contribution is 5.67. The molecule has 1 amide bonds. The van der Waals surface area contributed by atoms with Crippen LogP contribution in [0.5, 0.6) is 0 Å². The Morgan fingerprint density at radius 3 is 3.06 bits per heavy atom. The van der Waals surface area contributed by atoms with Crippen molar-refractivity contribution in [1.29, 1.82) is 0 Å². The molecule has 0 atom stereocenters. The van der Waals surface area contributed by atoms with Crippen molar-refractivity contribution in [1.82, 2.24) is 21.2 Å². The van der Waals surface area contributed by atoms with Crippen molar-refractivity contribution in [3.63, 3.8) is 0 Å². The molecule has 0 aliphatic carbocycles. The Morgan fingerprint density at radius 1 is 1.53 bits per heavy atom. The zero-order valence-corrected chi connectivity index (χ0v) is 9.65. The molecular formula is C10H18N4O3. The zero-order valence-electron chi connectivity index (χ0n) is 9.65. The van der Waals surface area contributed by atoms with Gasteiger partial charge in [-0.2, -0.15) is 0 Å². The second-order valence-corrected chi connectivity index (χ2v) is 4.10. The highest BCUT2D eigenvalue weighted by Gasteiger charge is 2.14. The van der Waals surface area contributed by atoms with Crippen LogP contribution in [0.25, 0.3) is 0 Å². The number of piperidine rings is 1. The smallest absolute Gasteiger partial charge is 0.408 e. The summed E-state index contributed by atoms with van der Waals surface area (Å²) in [7, 11) is 0. The summed E-state index contributed by atoms with van der Waals surface area (Å²) in [6.07, 6.45) is 4.91. The largest absolute Gasteiger partial charge is 0.427 e. The molecule has 2 aliphatic rings. The number of alkyl carbamates (subject to hydrolysis) is 1. The average Bonchev–Trinajstić information content (AvgIpc) is 2.88. The van der Waals surface area contributed by atoms with Crippen molar-refractivity contribution in [2.75, 3.05) is 26.4 Å². The maximum Gasteiger partial charge on any atom is 0.408 e. The van der Waals surface area contributed by atoms with Crippen molar-refractivity contribution in [2.24, 2.45) is 5.92 Å². The SMILES string of the molecule is O=C(NCC1CCNCC1)OCN1C=CON1. The molecule has 0 unspecified atom stereocenters. The molecular weight excluding hydrogens is 224 g/mol. The Labute approximate surface area is 100 Å². The van der Waals surface area contributed by atoms with Crippen molar-refractivity contribution < 1.29 is 14.4 Å². The van der Waals surface area contributed by atoms with Gasteiger partial charge in [-0.05, 0) is 31.8 Å². The number of ether oxygens (including phenoxy) is 1. The fourth-order valence-corrected chi connectivity index (χ4v) is 1.79. The van der Waals surface area contributed by atoms with E-state index in [0.29, 0.717) is 12.5 Å². The number of hydrazine groups is 1. The number of hydrogen-bond acceptors (Lipinski definition) is 6. The van der Waals surface area contributed by atoms with E-state index in [2.05, 4.69) is 16.2 Å². The molecule has 3 N–H and O–H groups in total. The first-order valence-electron chi connectivity index (χ1n) is 5.80. The minimum absolute atomic E-state index is 0.120. The molecule has 7 heteroatoms. The molecule has 0 aromatic carbocycles. The van der Waals surface area contributed by atoms with Crippen LogP contribution >= 0.6 is 0 Å². The lowest BCUT2D eigenvalue weighted by atomic mass is 9.98. The highest BCUT2D eigenvalue weighted by atomic mass is 16.7. The topological polar surface area (TPSA) is 74.9 Å². The Morgan fingerprint density at radius 2 is 2.35 bits per heavy atom. The normalized spacial score (nSPS) is 20.1. The Bertz CT molecular complexity index is 279. The lowest BCUT2D eigenvalue weighted by Gasteiger charge is -2.22. The second-order valence-electron chi connectivity index (χ2n) is 4.10. The number of nitrogens with one attached hydrogen (secondary N) is 3. The van der Waals surface area contributed by atoms with Gasteiger partial charge in [0.05, 0.1) is 6.20 Å². The molecule has 0 radical (unpaired) electrons. The molecule has 0 aromatic heterocycles. The third kappa shape index (κ3) is 4.12. The highest BCUT2D eigenvalue weighted by Crippen LogP contribution is 2.09. The van der Waals surface area contributed by atoms with Crippen molar-refractivity contribution >= 4 is 6.09 Å². The molecule has 96 valence electrons. The summed E-state index contributed by atoms with van der Waals surface area (Å²) >= 11 is 0. The minimum Gasteiger partial charge on any atom is -0.427 e. The van der Waals surface area contributed by atoms with Gasteiger partial charge in [0.2, 0.25) is 0 Å². The molecule has 1 fully saturated rings. The number of hydrogen-bond donors (Lipinski definition) is 3. The number of carbonyl (C=O) groups is 1. The van der Waals surface area contributed by atoms with Gasteiger partial charge in [0.1, 0.15) is 6.26 Å². The maximum atomic E-state index is 11.4. The number of nitrogens with zero attached hydrogens (tertiary/aromatic N) is 1. The third-order valence-corrected chi connectivity index (χ3v) is 2.81. The van der Waals surface area contributed by atoms with Crippen LogP contribution in [-0.2, 0) is 9.57 Å². The number of amides is 1. The maximum absolute atomic E-state index is 11.4. The van der Waals surface area contributed by atoms with Crippen LogP contribution in [0.2, 0.25) is 0 Å². The Hall–Kier alpha value is -1.47. The fourth-order valence-electron chi connectivity index (χ4n) is 1.79. The zero-order chi connectivity index (χ0) is 11.9. The molecule has 2 rings (SSSR count). The van der Waals surface area contributed by atoms with E-state index in [1.807, 2.05) is 0 Å². The summed E-state index contributed by atoms with van der Waals surface area (Å²) in [4.78, 5) is 16.1. The molecule has 0 bridgehead atoms. The molecule has 0 spiro atoms. The molecule has 0 saturated carbocycles. The van der Waals surface area contributed by atoms with Crippen LogP contribution in [0.4, 0.5) is 4.79 Å². The van der Waals surface area contributed by atoms with Gasteiger partial charge >= 0.3 is 6.09 Å². The van der Waals surface area contributed by atoms with Gasteiger partial charge in [-0.25, -0.2) is 9.80 Å². The van der Waals surface area contributed by atoms with Gasteiger partial charge < -0.3 is 20.2 Å². The van der Waals surface area contributed by atoms with Gasteiger partial charge in [0, 0.05) is 6.54 Å². The lowest BCUT2D eigenvalue weighted by molar-refractivity contribution is -0.0184. The summed E-state index contributed by atoms with van der Waals surface area (Å²) in [5, 5.41) is 7.57. The van der Waals surface area contributed by atoms with Crippen molar-refractivity contribution in [2.45, 2.75) is 12.8 Å². The first kappa shape index (κ1) is 12.0. The standard InChI is InChI=1S/C10H18N4O3/c15-10(16-8-14-5-6-17-13-14)12-7-9-1-3-11-4-2-9/h5-6,9,11,13H,1-4,7-8H2,(H,12,15). The van der Waals surface area contributed by atoms with E-state index < -0.39 is 6.09 Å². The first-order chi connectivity index (χ1) is 8.34. The quantitative estimate of drug-likeness (QED) is 0.639. The summed E-state index contributed by atoms with van der Waals surface area (Å²) < 4.78 is 4.98. The van der Waals surface area contributed by atoms with Crippen LogP contribution in [0.15, 0.2) is 12.5 Å². The second kappa shape index (κ2) is 6.31. The molecule has 2 heterocycles. The van der Waals surface area contributed by atoms with Crippen LogP contribution in [0, 0.1) is 5.92 Å². The van der Waals surface area contributed by atoms with E-state index >= 15 is 0 Å². The first-order valence-corrected chi connectivity index (χ1v) is 5.80. The molecule has 0 aromatic rings. The van der Waals surface area contributed by atoms with Crippen molar-refractivity contribution in [3.8, 4) is 0 Å². The van der Waals surface area contributed by atoms with Gasteiger partial charge in [-0.1, -0.05) is 5.59 Å². The predicted molar refractivity (Wildman–Crippen MR) is 60.1 cm³/mol. The monoisotopic (exact) mass is 242 g/mol. The van der Waals surface area contributed by atoms with Gasteiger partial charge in [0.25, 0.3) is 0 Å². The summed E-state index contributed by atoms with van der Waals surface area (Å²) in [5.74, 6) is 0.553. The minimum atomic E-state index is -0.398. The Kier molecular flexibility index (Phi) is 4.45. The Balaban J connectivity index is 1.55. The molecule has 2 aliphatic heterocycles. The predicted octanol–water partition coefficient (Wildman–Crippen LogP) is -0.107. The van der Waals surface area contributed by atoms with Crippen molar-refractivity contribution in [3.05, 3.63) is 12.5 Å². The summed E-state index contributed by atoms with van der Waals surface area (Å²) in [5.41, 5.74) is 2.53. The van der Waals surface area contributed by atoms with E-state index in [4.69, 9.17) is 9.57 Å². The van der Waals surface area contributed by atoms with Gasteiger partial charge in [-0.15, -0.1) is 0 Å². The molecule has 1 saturated heterocycles. The number of carbonyl (C=O) groups excluding carboxylic acids is 1. The van der Waals surface area contributed by atoms with Crippen LogP contribution in [0.1, 0.15) is 12.8 Å². The molecule has 7 nitrogen and oxygen atoms in total. The van der Waals surface area contributed by atoms with Gasteiger partial charge in [-0.3, -0.25) is 0 Å². The van der Waals surface area contributed by atoms with E-state index in [-0.39, 0.29) is 6.73 Å². The lowest BCUT2D eigenvalue weighted by Crippen LogP contribution is -2.38.